The molecule has 0 fully saturated rings. The van der Waals surface area contributed by atoms with Crippen molar-refractivity contribution >= 4 is 10.0 Å². The first-order valence-corrected chi connectivity index (χ1v) is 10.1. The quantitative estimate of drug-likeness (QED) is 0.704. The molecule has 0 aliphatic rings. The Morgan fingerprint density at radius 2 is 1.59 bits per heavy atom. The van der Waals surface area contributed by atoms with Gasteiger partial charge < -0.3 is 4.57 Å². The first-order chi connectivity index (χ1) is 12.8. The number of imidazole rings is 1. The van der Waals surface area contributed by atoms with Gasteiger partial charge in [0.05, 0.1) is 4.90 Å². The van der Waals surface area contributed by atoms with Crippen LogP contribution in [0.5, 0.6) is 0 Å². The van der Waals surface area contributed by atoms with Crippen LogP contribution >= 0.6 is 0 Å². The highest BCUT2D eigenvalue weighted by Crippen LogP contribution is 2.25. The zero-order valence-electron chi connectivity index (χ0n) is 15.9. The lowest BCUT2D eigenvalue weighted by Crippen LogP contribution is -2.29. The van der Waals surface area contributed by atoms with Crippen LogP contribution < -0.4 is 4.72 Å². The molecule has 2 aromatic heterocycles. The third kappa shape index (κ3) is 3.91. The Kier molecular flexibility index (Phi) is 5.38. The molecule has 0 amide bonds. The van der Waals surface area contributed by atoms with E-state index < -0.39 is 10.0 Å². The van der Waals surface area contributed by atoms with Gasteiger partial charge in [-0.3, -0.25) is 0 Å². The average molecular weight is 385 g/mol. The summed E-state index contributed by atoms with van der Waals surface area (Å²) in [4.78, 5) is 13.0. The Balaban J connectivity index is 1.78. The lowest BCUT2D eigenvalue weighted by atomic mass is 10.0. The minimum absolute atomic E-state index is 0.240. The molecular formula is C19H23N5O2S. The molecule has 0 saturated heterocycles. The number of aryl methyl sites for hydroxylation is 2. The Hall–Kier alpha value is -2.58. The number of nitrogens with zero attached hydrogens (tertiary/aromatic N) is 4. The summed E-state index contributed by atoms with van der Waals surface area (Å²) in [6.07, 6.45) is 6.73. The van der Waals surface area contributed by atoms with Crippen LogP contribution in [-0.4, -0.2) is 34.5 Å². The first kappa shape index (κ1) is 19.2. The van der Waals surface area contributed by atoms with Crippen molar-refractivity contribution in [2.24, 2.45) is 0 Å². The number of rotatable bonds is 6. The number of aromatic nitrogens is 4. The van der Waals surface area contributed by atoms with Gasteiger partial charge in [0.25, 0.3) is 0 Å². The Morgan fingerprint density at radius 1 is 0.963 bits per heavy atom. The van der Waals surface area contributed by atoms with Gasteiger partial charge >= 0.3 is 0 Å². The van der Waals surface area contributed by atoms with Gasteiger partial charge in [0, 0.05) is 37.9 Å². The second kappa shape index (κ2) is 7.58. The normalized spacial score (nSPS) is 11.7. The fourth-order valence-electron chi connectivity index (χ4n) is 3.07. The van der Waals surface area contributed by atoms with Crippen molar-refractivity contribution in [3.05, 3.63) is 59.2 Å². The number of benzene rings is 1. The Bertz CT molecular complexity index is 1030. The van der Waals surface area contributed by atoms with Crippen molar-refractivity contribution in [3.63, 3.8) is 0 Å². The van der Waals surface area contributed by atoms with Crippen LogP contribution in [0.4, 0.5) is 0 Å². The molecule has 3 rings (SSSR count). The summed E-state index contributed by atoms with van der Waals surface area (Å²) >= 11 is 0. The molecule has 1 aromatic carbocycles. The highest BCUT2D eigenvalue weighted by Gasteiger charge is 2.21. The Labute approximate surface area is 159 Å². The van der Waals surface area contributed by atoms with Crippen molar-refractivity contribution < 1.29 is 8.42 Å². The van der Waals surface area contributed by atoms with Crippen LogP contribution in [0.2, 0.25) is 0 Å². The van der Waals surface area contributed by atoms with Crippen LogP contribution in [0.25, 0.3) is 11.6 Å². The van der Waals surface area contributed by atoms with Gasteiger partial charge in [0.2, 0.25) is 10.0 Å². The van der Waals surface area contributed by atoms with Gasteiger partial charge in [-0.1, -0.05) is 6.07 Å². The third-order valence-electron chi connectivity index (χ3n) is 4.69. The molecule has 7 nitrogen and oxygen atoms in total. The second-order valence-corrected chi connectivity index (χ2v) is 8.21. The van der Waals surface area contributed by atoms with Crippen molar-refractivity contribution in [3.8, 4) is 11.6 Å². The van der Waals surface area contributed by atoms with Crippen molar-refractivity contribution in [2.45, 2.75) is 39.1 Å². The molecule has 27 heavy (non-hydrogen) atoms. The summed E-state index contributed by atoms with van der Waals surface area (Å²) < 4.78 is 30.3. The van der Waals surface area contributed by atoms with Gasteiger partial charge in [0.1, 0.15) is 0 Å². The van der Waals surface area contributed by atoms with E-state index in [0.29, 0.717) is 23.1 Å². The van der Waals surface area contributed by atoms with Gasteiger partial charge in [-0.15, -0.1) is 0 Å². The van der Waals surface area contributed by atoms with E-state index in [2.05, 4.69) is 19.7 Å². The van der Waals surface area contributed by atoms with E-state index in [4.69, 9.17) is 0 Å². The van der Waals surface area contributed by atoms with Gasteiger partial charge in [0.15, 0.2) is 11.6 Å². The standard InChI is InChI=1S/C19H23N5O2S/c1-13-12-14(2)16(4)17(15(13)3)27(25,26)23-9-11-24-10-8-22-19(24)18-20-6-5-7-21-18/h5-8,10,12,23H,9,11H2,1-4H3. The average Bonchev–Trinajstić information content (AvgIpc) is 3.09. The molecule has 0 radical (unpaired) electrons. The maximum atomic E-state index is 12.9. The topological polar surface area (TPSA) is 89.8 Å². The lowest BCUT2D eigenvalue weighted by molar-refractivity contribution is 0.571. The van der Waals surface area contributed by atoms with Crippen LogP contribution in [-0.2, 0) is 16.6 Å². The van der Waals surface area contributed by atoms with Crippen LogP contribution in [0.1, 0.15) is 22.3 Å². The molecule has 0 atom stereocenters. The number of hydrogen-bond acceptors (Lipinski definition) is 5. The van der Waals surface area contributed by atoms with E-state index >= 15 is 0 Å². The smallest absolute Gasteiger partial charge is 0.241 e. The Morgan fingerprint density at radius 3 is 2.22 bits per heavy atom. The number of nitrogens with one attached hydrogen (secondary N) is 1. The van der Waals surface area contributed by atoms with E-state index in [1.54, 1.807) is 30.9 Å². The zero-order chi connectivity index (χ0) is 19.6. The maximum absolute atomic E-state index is 12.9. The largest absolute Gasteiger partial charge is 0.327 e. The van der Waals surface area contributed by atoms with Gasteiger partial charge in [-0.05, 0) is 56.0 Å². The fourth-order valence-corrected chi connectivity index (χ4v) is 4.70. The van der Waals surface area contributed by atoms with Crippen molar-refractivity contribution in [1.29, 1.82) is 0 Å². The highest BCUT2D eigenvalue weighted by molar-refractivity contribution is 7.89. The molecule has 142 valence electrons. The molecule has 2 heterocycles. The molecule has 1 N–H and O–H groups in total. The highest BCUT2D eigenvalue weighted by atomic mass is 32.2. The monoisotopic (exact) mass is 385 g/mol. The maximum Gasteiger partial charge on any atom is 0.241 e. The van der Waals surface area contributed by atoms with Gasteiger partial charge in [-0.25, -0.2) is 28.1 Å². The fraction of sp³-hybridized carbons (Fsp3) is 0.316. The summed E-state index contributed by atoms with van der Waals surface area (Å²) in [5.74, 6) is 1.11. The van der Waals surface area contributed by atoms with E-state index in [-0.39, 0.29) is 6.54 Å². The van der Waals surface area contributed by atoms with Crippen LogP contribution in [0.3, 0.4) is 0 Å². The molecule has 0 bridgehead atoms. The molecule has 0 spiro atoms. The van der Waals surface area contributed by atoms with Crippen LogP contribution in [0, 0.1) is 27.7 Å². The van der Waals surface area contributed by atoms with Crippen molar-refractivity contribution in [2.75, 3.05) is 6.54 Å². The molecule has 0 aliphatic carbocycles. The molecule has 8 heteroatoms. The van der Waals surface area contributed by atoms with Gasteiger partial charge in [-0.2, -0.15) is 0 Å². The van der Waals surface area contributed by atoms with E-state index in [0.717, 1.165) is 22.3 Å². The number of sulfonamides is 1. The minimum Gasteiger partial charge on any atom is -0.327 e. The van der Waals surface area contributed by atoms with E-state index in [9.17, 15) is 8.42 Å². The molecular weight excluding hydrogens is 362 g/mol. The second-order valence-electron chi connectivity index (χ2n) is 6.50. The summed E-state index contributed by atoms with van der Waals surface area (Å²) in [5, 5.41) is 0. The molecule has 0 aliphatic heterocycles. The molecule has 0 unspecified atom stereocenters. The summed E-state index contributed by atoms with van der Waals surface area (Å²) in [6.45, 7) is 8.21. The zero-order valence-corrected chi connectivity index (χ0v) is 16.7. The summed E-state index contributed by atoms with van der Waals surface area (Å²) in [7, 11) is -3.61. The summed E-state index contributed by atoms with van der Waals surface area (Å²) in [6, 6.07) is 3.75. The predicted octanol–water partition coefficient (Wildman–Crippen LogP) is 2.55. The minimum atomic E-state index is -3.61. The molecule has 0 saturated carbocycles. The SMILES string of the molecule is Cc1cc(C)c(C)c(S(=O)(=O)NCCn2ccnc2-c2ncccn2)c1C. The first-order valence-electron chi connectivity index (χ1n) is 8.67. The predicted molar refractivity (Wildman–Crippen MR) is 104 cm³/mol. The number of hydrogen-bond donors (Lipinski definition) is 1. The lowest BCUT2D eigenvalue weighted by Gasteiger charge is -2.16. The molecule has 3 aromatic rings. The van der Waals surface area contributed by atoms with E-state index in [1.165, 1.54) is 0 Å². The van der Waals surface area contributed by atoms with Crippen LogP contribution in [0.15, 0.2) is 41.8 Å². The van der Waals surface area contributed by atoms with E-state index in [1.807, 2.05) is 38.3 Å². The third-order valence-corrected chi connectivity index (χ3v) is 6.43. The summed E-state index contributed by atoms with van der Waals surface area (Å²) in [5.41, 5.74) is 3.51. The van der Waals surface area contributed by atoms with Crippen molar-refractivity contribution in [1.82, 2.24) is 24.2 Å².